The highest BCUT2D eigenvalue weighted by atomic mass is 19.1. The number of aromatic carboxylic acids is 1. The highest BCUT2D eigenvalue weighted by molar-refractivity contribution is 5.92. The lowest BCUT2D eigenvalue weighted by molar-refractivity contribution is -0.0589. The van der Waals surface area contributed by atoms with E-state index in [1.807, 2.05) is 4.57 Å². The van der Waals surface area contributed by atoms with Gasteiger partial charge in [-0.05, 0) is 48.4 Å². The number of halogens is 2. The van der Waals surface area contributed by atoms with Gasteiger partial charge in [0, 0.05) is 30.2 Å². The number of aromatic nitrogens is 3. The van der Waals surface area contributed by atoms with E-state index in [4.69, 9.17) is 21.0 Å². The molecule has 210 valence electrons. The van der Waals surface area contributed by atoms with Crippen LogP contribution in [0.3, 0.4) is 0 Å². The lowest BCUT2D eigenvalue weighted by Gasteiger charge is -2.27. The Balaban J connectivity index is 1.23. The van der Waals surface area contributed by atoms with Gasteiger partial charge in [0.25, 0.3) is 0 Å². The minimum Gasteiger partial charge on any atom is -0.478 e. The zero-order chi connectivity index (χ0) is 29.2. The Morgan fingerprint density at radius 3 is 2.57 bits per heavy atom. The van der Waals surface area contributed by atoms with Gasteiger partial charge in [0.2, 0.25) is 5.88 Å². The molecule has 2 aromatic heterocycles. The van der Waals surface area contributed by atoms with Crippen LogP contribution >= 0.6 is 0 Å². The van der Waals surface area contributed by atoms with Gasteiger partial charge in [-0.2, -0.15) is 0 Å². The molecule has 0 radical (unpaired) electrons. The highest BCUT2D eigenvalue weighted by Gasteiger charge is 2.23. The van der Waals surface area contributed by atoms with Crippen LogP contribution in [0.25, 0.3) is 27.1 Å². The summed E-state index contributed by atoms with van der Waals surface area (Å²) in [6.45, 7) is 8.09. The Morgan fingerprint density at radius 2 is 1.86 bits per heavy atom. The number of pyridine rings is 1. The van der Waals surface area contributed by atoms with Crippen LogP contribution in [0, 0.1) is 18.2 Å². The smallest absolute Gasteiger partial charge is 0.335 e. The van der Waals surface area contributed by atoms with Gasteiger partial charge in [0.15, 0.2) is 5.69 Å². The molecule has 0 spiro atoms. The molecule has 3 heterocycles. The van der Waals surface area contributed by atoms with Crippen molar-refractivity contribution in [3.8, 4) is 17.1 Å². The van der Waals surface area contributed by atoms with Crippen molar-refractivity contribution in [2.75, 3.05) is 6.61 Å². The van der Waals surface area contributed by atoms with E-state index in [0.717, 1.165) is 12.5 Å². The number of rotatable bonds is 9. The minimum absolute atomic E-state index is 0.00275. The van der Waals surface area contributed by atoms with Gasteiger partial charge in [0.05, 0.1) is 41.5 Å². The third kappa shape index (κ3) is 5.55. The Hall–Kier alpha value is -5.14. The Bertz CT molecular complexity index is 1860. The topological polar surface area (TPSA) is 90.8 Å². The molecule has 1 aliphatic heterocycles. The molecule has 1 saturated heterocycles. The number of hydrogen-bond acceptors (Lipinski definition) is 5. The van der Waals surface area contributed by atoms with Crippen molar-refractivity contribution in [3.05, 3.63) is 118 Å². The number of hydrogen-bond donors (Lipinski definition) is 1. The van der Waals surface area contributed by atoms with Crippen LogP contribution in [-0.4, -0.2) is 38.3 Å². The van der Waals surface area contributed by atoms with Crippen LogP contribution in [0.4, 0.5) is 14.5 Å². The van der Waals surface area contributed by atoms with E-state index in [2.05, 4.69) is 9.83 Å². The zero-order valence-electron chi connectivity index (χ0n) is 22.3. The molecule has 1 N–H and O–H groups in total. The number of ether oxygens (including phenoxy) is 2. The monoisotopic (exact) mass is 566 g/mol. The first-order valence-corrected chi connectivity index (χ1v) is 13.3. The summed E-state index contributed by atoms with van der Waals surface area (Å²) in [4.78, 5) is 23.9. The van der Waals surface area contributed by atoms with Crippen molar-refractivity contribution in [2.45, 2.75) is 32.1 Å². The highest BCUT2D eigenvalue weighted by Crippen LogP contribution is 2.27. The van der Waals surface area contributed by atoms with Gasteiger partial charge in [-0.15, -0.1) is 0 Å². The maximum Gasteiger partial charge on any atom is 0.335 e. The molecule has 8 nitrogen and oxygen atoms in total. The summed E-state index contributed by atoms with van der Waals surface area (Å²) in [5, 5.41) is 9.46. The number of imidazole rings is 1. The van der Waals surface area contributed by atoms with Crippen molar-refractivity contribution in [2.24, 2.45) is 0 Å². The summed E-state index contributed by atoms with van der Waals surface area (Å²) >= 11 is 0. The Labute approximate surface area is 239 Å². The first-order chi connectivity index (χ1) is 20.4. The molecular weight excluding hydrogens is 542 g/mol. The molecule has 3 aromatic carbocycles. The fourth-order valence-electron chi connectivity index (χ4n) is 4.83. The third-order valence-electron chi connectivity index (χ3n) is 7.22. The second-order valence-electron chi connectivity index (χ2n) is 9.95. The lowest BCUT2D eigenvalue weighted by atomic mass is 10.1. The second-order valence-corrected chi connectivity index (χ2v) is 9.95. The summed E-state index contributed by atoms with van der Waals surface area (Å²) in [5.74, 6) is -1.14. The third-order valence-corrected chi connectivity index (χ3v) is 7.22. The van der Waals surface area contributed by atoms with Crippen LogP contribution in [0.2, 0.25) is 0 Å². The van der Waals surface area contributed by atoms with E-state index in [1.165, 1.54) is 24.3 Å². The Kier molecular flexibility index (Phi) is 7.33. The quantitative estimate of drug-likeness (QED) is 0.203. The molecule has 1 aliphatic rings. The van der Waals surface area contributed by atoms with Crippen LogP contribution in [-0.2, 0) is 24.3 Å². The second kappa shape index (κ2) is 11.4. The van der Waals surface area contributed by atoms with E-state index < -0.39 is 17.6 Å². The van der Waals surface area contributed by atoms with Crippen molar-refractivity contribution in [1.82, 2.24) is 14.5 Å². The standard InChI is InChI=1S/C32H24F2N4O4/c1-35-23-9-7-22(26(34)16-23)18-42-31-4-2-3-27(37-31)20-6-5-19(25(33)13-20)15-30-36-28-10-8-21(32(39)40)14-29(28)38(30)17-24-11-12-41-24/h2-10,13-14,16,24H,11-12,15,17-18H2,(H,39,40). The van der Waals surface area contributed by atoms with E-state index in [-0.39, 0.29) is 36.3 Å². The van der Waals surface area contributed by atoms with Crippen molar-refractivity contribution in [1.29, 1.82) is 0 Å². The van der Waals surface area contributed by atoms with Gasteiger partial charge in [-0.3, -0.25) is 0 Å². The van der Waals surface area contributed by atoms with Gasteiger partial charge >= 0.3 is 5.97 Å². The number of carboxylic acid groups (broad SMARTS) is 1. The SMILES string of the molecule is [C-]#[N+]c1ccc(COc2cccc(-c3ccc(Cc4nc5ccc(C(=O)O)cc5n4CC4CCO4)c(F)c3)n2)c(F)c1. The zero-order valence-corrected chi connectivity index (χ0v) is 22.3. The largest absolute Gasteiger partial charge is 0.478 e. The fraction of sp³-hybridized carbons (Fsp3) is 0.188. The molecule has 0 saturated carbocycles. The molecule has 0 amide bonds. The van der Waals surface area contributed by atoms with E-state index >= 15 is 4.39 Å². The number of carbonyl (C=O) groups is 1. The Morgan fingerprint density at radius 1 is 1.05 bits per heavy atom. The molecule has 1 unspecified atom stereocenters. The van der Waals surface area contributed by atoms with Crippen molar-refractivity contribution < 1.29 is 28.2 Å². The number of nitrogens with zero attached hydrogens (tertiary/aromatic N) is 4. The van der Waals surface area contributed by atoms with E-state index in [9.17, 15) is 14.3 Å². The average molecular weight is 567 g/mol. The van der Waals surface area contributed by atoms with Crippen LogP contribution < -0.4 is 4.74 Å². The summed E-state index contributed by atoms with van der Waals surface area (Å²) in [6, 6.07) is 18.9. The van der Waals surface area contributed by atoms with Crippen molar-refractivity contribution in [3.63, 3.8) is 0 Å². The molecule has 0 aliphatic carbocycles. The minimum atomic E-state index is -1.03. The fourth-order valence-corrected chi connectivity index (χ4v) is 4.83. The maximum absolute atomic E-state index is 15.4. The predicted octanol–water partition coefficient (Wildman–Crippen LogP) is 6.58. The molecule has 6 rings (SSSR count). The summed E-state index contributed by atoms with van der Waals surface area (Å²) in [5.41, 5.74) is 3.40. The number of fused-ring (bicyclic) bond motifs is 1. The molecule has 1 fully saturated rings. The van der Waals surface area contributed by atoms with Gasteiger partial charge in [-0.1, -0.05) is 30.3 Å². The number of benzene rings is 3. The first kappa shape index (κ1) is 27.1. The van der Waals surface area contributed by atoms with Gasteiger partial charge in [0.1, 0.15) is 24.1 Å². The average Bonchev–Trinajstić information content (AvgIpc) is 3.31. The predicted molar refractivity (Wildman–Crippen MR) is 150 cm³/mol. The summed E-state index contributed by atoms with van der Waals surface area (Å²) in [6.07, 6.45) is 1.08. The first-order valence-electron chi connectivity index (χ1n) is 13.3. The van der Waals surface area contributed by atoms with Gasteiger partial charge in [-0.25, -0.2) is 28.4 Å². The van der Waals surface area contributed by atoms with E-state index in [0.29, 0.717) is 52.4 Å². The van der Waals surface area contributed by atoms with Crippen LogP contribution in [0.5, 0.6) is 5.88 Å². The molecule has 10 heteroatoms. The molecule has 1 atom stereocenters. The van der Waals surface area contributed by atoms with Crippen LogP contribution in [0.15, 0.2) is 72.8 Å². The number of carboxylic acids is 1. The molecule has 0 bridgehead atoms. The molecule has 5 aromatic rings. The van der Waals surface area contributed by atoms with E-state index in [1.54, 1.807) is 42.5 Å². The lowest BCUT2D eigenvalue weighted by Crippen LogP contribution is -2.31. The summed E-state index contributed by atoms with van der Waals surface area (Å²) < 4.78 is 42.8. The molecule has 42 heavy (non-hydrogen) atoms. The van der Waals surface area contributed by atoms with Crippen molar-refractivity contribution >= 4 is 22.7 Å². The van der Waals surface area contributed by atoms with Crippen LogP contribution in [0.1, 0.15) is 33.7 Å². The molecular formula is C32H24F2N4O4. The van der Waals surface area contributed by atoms with Gasteiger partial charge < -0.3 is 19.1 Å². The maximum atomic E-state index is 15.4. The summed E-state index contributed by atoms with van der Waals surface area (Å²) in [7, 11) is 0. The normalized spacial score (nSPS) is 14.4.